The SMILES string of the molecule is CCS(=O)(=O)c1nnc2n1C=Cc1ccccc1C2(C)C. The minimum absolute atomic E-state index is 0.00630. The molecular weight excluding hydrogens is 286 g/mol. The summed E-state index contributed by atoms with van der Waals surface area (Å²) in [5.74, 6) is 0.641. The van der Waals surface area contributed by atoms with Gasteiger partial charge in [-0.25, -0.2) is 8.42 Å². The van der Waals surface area contributed by atoms with Crippen LogP contribution in [0.5, 0.6) is 0 Å². The Balaban J connectivity index is 2.31. The van der Waals surface area contributed by atoms with Gasteiger partial charge in [0.15, 0.2) is 0 Å². The van der Waals surface area contributed by atoms with Crippen molar-refractivity contribution in [1.29, 1.82) is 0 Å². The van der Waals surface area contributed by atoms with Gasteiger partial charge in [-0.2, -0.15) is 0 Å². The van der Waals surface area contributed by atoms with Crippen molar-refractivity contribution >= 4 is 22.1 Å². The summed E-state index contributed by atoms with van der Waals surface area (Å²) in [6.07, 6.45) is 3.65. The summed E-state index contributed by atoms with van der Waals surface area (Å²) >= 11 is 0. The van der Waals surface area contributed by atoms with Crippen LogP contribution in [0.2, 0.25) is 0 Å². The molecule has 0 saturated carbocycles. The Morgan fingerprint density at radius 2 is 1.90 bits per heavy atom. The van der Waals surface area contributed by atoms with Crippen molar-refractivity contribution in [3.63, 3.8) is 0 Å². The Morgan fingerprint density at radius 1 is 1.19 bits per heavy atom. The molecule has 1 aliphatic heterocycles. The fourth-order valence-electron chi connectivity index (χ4n) is 2.67. The predicted octanol–water partition coefficient (Wildman–Crippen LogP) is 2.34. The molecule has 2 heterocycles. The van der Waals surface area contributed by atoms with Crippen molar-refractivity contribution < 1.29 is 8.42 Å². The largest absolute Gasteiger partial charge is 0.276 e. The Kier molecular flexibility index (Phi) is 3.02. The third kappa shape index (κ3) is 2.01. The second kappa shape index (κ2) is 4.53. The molecule has 6 heteroatoms. The van der Waals surface area contributed by atoms with Gasteiger partial charge in [0.2, 0.25) is 9.84 Å². The molecule has 5 nitrogen and oxygen atoms in total. The molecule has 0 aliphatic carbocycles. The van der Waals surface area contributed by atoms with Crippen molar-refractivity contribution in [2.75, 3.05) is 5.75 Å². The quantitative estimate of drug-likeness (QED) is 0.854. The van der Waals surface area contributed by atoms with Crippen molar-refractivity contribution in [2.45, 2.75) is 31.3 Å². The van der Waals surface area contributed by atoms with Gasteiger partial charge in [0.1, 0.15) is 5.82 Å². The molecule has 0 fully saturated rings. The first kappa shape index (κ1) is 14.0. The molecule has 0 amide bonds. The summed E-state index contributed by atoms with van der Waals surface area (Å²) in [4.78, 5) is 0. The summed E-state index contributed by atoms with van der Waals surface area (Å²) in [5, 5.41) is 8.10. The third-order valence-corrected chi connectivity index (χ3v) is 5.51. The average Bonchev–Trinajstić information content (AvgIpc) is 2.86. The molecule has 0 radical (unpaired) electrons. The van der Waals surface area contributed by atoms with E-state index in [-0.39, 0.29) is 10.9 Å². The van der Waals surface area contributed by atoms with Crippen molar-refractivity contribution in [2.24, 2.45) is 0 Å². The maximum atomic E-state index is 12.2. The summed E-state index contributed by atoms with van der Waals surface area (Å²) in [6.45, 7) is 5.67. The van der Waals surface area contributed by atoms with Gasteiger partial charge in [-0.3, -0.25) is 4.57 Å². The molecule has 0 unspecified atom stereocenters. The molecule has 2 aromatic rings. The molecule has 0 atom stereocenters. The van der Waals surface area contributed by atoms with E-state index in [9.17, 15) is 8.42 Å². The van der Waals surface area contributed by atoms with Gasteiger partial charge in [0.25, 0.3) is 5.16 Å². The van der Waals surface area contributed by atoms with E-state index in [4.69, 9.17) is 0 Å². The number of fused-ring (bicyclic) bond motifs is 2. The number of benzene rings is 1. The van der Waals surface area contributed by atoms with Gasteiger partial charge in [0, 0.05) is 6.20 Å². The second-order valence-electron chi connectivity index (χ2n) is 5.61. The zero-order valence-corrected chi connectivity index (χ0v) is 13.1. The van der Waals surface area contributed by atoms with Crippen molar-refractivity contribution in [3.8, 4) is 0 Å². The van der Waals surface area contributed by atoms with E-state index >= 15 is 0 Å². The van der Waals surface area contributed by atoms with Crippen LogP contribution in [-0.4, -0.2) is 28.9 Å². The lowest BCUT2D eigenvalue weighted by Gasteiger charge is -2.24. The minimum atomic E-state index is -3.41. The summed E-state index contributed by atoms with van der Waals surface area (Å²) in [6, 6.07) is 8.00. The van der Waals surface area contributed by atoms with Crippen LogP contribution in [0, 0.1) is 0 Å². The van der Waals surface area contributed by atoms with E-state index < -0.39 is 15.3 Å². The maximum absolute atomic E-state index is 12.2. The van der Waals surface area contributed by atoms with Crippen molar-refractivity contribution in [1.82, 2.24) is 14.8 Å². The van der Waals surface area contributed by atoms with Crippen molar-refractivity contribution in [3.05, 3.63) is 41.2 Å². The topological polar surface area (TPSA) is 64.8 Å². The van der Waals surface area contributed by atoms with E-state index in [0.29, 0.717) is 5.82 Å². The molecule has 0 N–H and O–H groups in total. The molecule has 1 aromatic heterocycles. The summed E-state index contributed by atoms with van der Waals surface area (Å²) in [7, 11) is -3.41. The van der Waals surface area contributed by atoms with E-state index in [1.165, 1.54) is 0 Å². The highest BCUT2D eigenvalue weighted by molar-refractivity contribution is 7.91. The van der Waals surface area contributed by atoms with Crippen LogP contribution in [-0.2, 0) is 15.3 Å². The molecule has 1 aliphatic rings. The number of sulfone groups is 1. The molecule has 0 spiro atoms. The van der Waals surface area contributed by atoms with E-state index in [2.05, 4.69) is 10.2 Å². The van der Waals surface area contributed by atoms with Crippen LogP contribution in [0.25, 0.3) is 12.3 Å². The van der Waals surface area contributed by atoms with Gasteiger partial charge in [-0.1, -0.05) is 31.2 Å². The molecule has 3 rings (SSSR count). The van der Waals surface area contributed by atoms with E-state index in [0.717, 1.165) is 11.1 Å². The normalized spacial score (nSPS) is 16.1. The molecule has 21 heavy (non-hydrogen) atoms. The molecule has 0 bridgehead atoms. The van der Waals surface area contributed by atoms with Gasteiger partial charge < -0.3 is 0 Å². The first-order valence-corrected chi connectivity index (χ1v) is 8.49. The summed E-state index contributed by atoms with van der Waals surface area (Å²) in [5.41, 5.74) is 1.75. The number of hydrogen-bond donors (Lipinski definition) is 0. The van der Waals surface area contributed by atoms with Gasteiger partial charge in [-0.05, 0) is 31.1 Å². The van der Waals surface area contributed by atoms with Crippen LogP contribution in [0.3, 0.4) is 0 Å². The Morgan fingerprint density at radius 3 is 2.62 bits per heavy atom. The van der Waals surface area contributed by atoms with Crippen LogP contribution in [0.4, 0.5) is 0 Å². The minimum Gasteiger partial charge on any atom is -0.276 e. The first-order chi connectivity index (χ1) is 9.88. The monoisotopic (exact) mass is 303 g/mol. The van der Waals surface area contributed by atoms with Crippen LogP contribution in [0.1, 0.15) is 37.7 Å². The van der Waals surface area contributed by atoms with Crippen LogP contribution < -0.4 is 0 Å². The number of rotatable bonds is 2. The maximum Gasteiger partial charge on any atom is 0.253 e. The highest BCUT2D eigenvalue weighted by atomic mass is 32.2. The summed E-state index contributed by atoms with van der Waals surface area (Å²) < 4.78 is 25.9. The fourth-order valence-corrected chi connectivity index (χ4v) is 3.54. The first-order valence-electron chi connectivity index (χ1n) is 6.84. The Hall–Kier alpha value is -1.95. The predicted molar refractivity (Wildman–Crippen MR) is 81.5 cm³/mol. The van der Waals surface area contributed by atoms with Crippen LogP contribution in [0.15, 0.2) is 29.4 Å². The number of aromatic nitrogens is 3. The smallest absolute Gasteiger partial charge is 0.253 e. The third-order valence-electron chi connectivity index (χ3n) is 3.92. The molecule has 110 valence electrons. The van der Waals surface area contributed by atoms with Crippen LogP contribution >= 0.6 is 0 Å². The zero-order valence-electron chi connectivity index (χ0n) is 12.2. The second-order valence-corrected chi connectivity index (χ2v) is 7.78. The average molecular weight is 303 g/mol. The van der Waals surface area contributed by atoms with Gasteiger partial charge in [0.05, 0.1) is 11.2 Å². The zero-order chi connectivity index (χ0) is 15.3. The Bertz CT molecular complexity index is 832. The lowest BCUT2D eigenvalue weighted by Crippen LogP contribution is -2.24. The number of nitrogens with zero attached hydrogens (tertiary/aromatic N) is 3. The molecule has 0 saturated heterocycles. The highest BCUT2D eigenvalue weighted by Crippen LogP contribution is 2.36. The van der Waals surface area contributed by atoms with E-state index in [1.54, 1.807) is 17.7 Å². The molecule has 1 aromatic carbocycles. The lowest BCUT2D eigenvalue weighted by molar-refractivity contribution is 0.570. The standard InChI is InChI=1S/C15H17N3O2S/c1-4-21(19,20)14-17-16-13-15(2,3)12-8-6-5-7-11(12)9-10-18(13)14/h5-10H,4H2,1-3H3. The number of hydrogen-bond acceptors (Lipinski definition) is 4. The van der Waals surface area contributed by atoms with Gasteiger partial charge in [-0.15, -0.1) is 10.2 Å². The lowest BCUT2D eigenvalue weighted by atomic mass is 9.81. The van der Waals surface area contributed by atoms with E-state index in [1.807, 2.05) is 44.2 Å². The fraction of sp³-hybridized carbons (Fsp3) is 0.333. The highest BCUT2D eigenvalue weighted by Gasteiger charge is 2.35. The van der Waals surface area contributed by atoms with Gasteiger partial charge >= 0.3 is 0 Å². The molecular formula is C15H17N3O2S. The Labute approximate surface area is 124 Å².